The van der Waals surface area contributed by atoms with Gasteiger partial charge in [-0.1, -0.05) is 19.1 Å². The highest BCUT2D eigenvalue weighted by Crippen LogP contribution is 2.40. The van der Waals surface area contributed by atoms with Crippen LogP contribution in [0.2, 0.25) is 0 Å². The molecule has 5 heteroatoms. The number of hydrogen-bond donors (Lipinski definition) is 2. The van der Waals surface area contributed by atoms with E-state index in [1.807, 2.05) is 13.0 Å². The monoisotopic (exact) mass is 263 g/mol. The van der Waals surface area contributed by atoms with Crippen molar-refractivity contribution in [3.8, 4) is 5.75 Å². The van der Waals surface area contributed by atoms with E-state index in [0.717, 1.165) is 6.42 Å². The summed E-state index contributed by atoms with van der Waals surface area (Å²) in [5.74, 6) is -1.50. The summed E-state index contributed by atoms with van der Waals surface area (Å²) in [6.07, 6.45) is 1.30. The van der Waals surface area contributed by atoms with Crippen molar-refractivity contribution in [1.29, 1.82) is 0 Å². The second-order valence-corrected chi connectivity index (χ2v) is 4.62. The van der Waals surface area contributed by atoms with Gasteiger partial charge in [0.1, 0.15) is 5.75 Å². The highest BCUT2D eigenvalue weighted by Gasteiger charge is 2.48. The van der Waals surface area contributed by atoms with Crippen LogP contribution in [0.5, 0.6) is 5.75 Å². The molecule has 102 valence electrons. The molecule has 0 radical (unpaired) electrons. The average molecular weight is 263 g/mol. The molecule has 0 aliphatic heterocycles. The number of carbonyl (C=O) groups is 2. The Morgan fingerprint density at radius 1 is 1.37 bits per heavy atom. The summed E-state index contributed by atoms with van der Waals surface area (Å²) in [6.45, 7) is 2.58. The number of rotatable bonds is 6. The molecule has 5 nitrogen and oxygen atoms in total. The van der Waals surface area contributed by atoms with Crippen molar-refractivity contribution in [2.24, 2.45) is 11.8 Å². The number of ether oxygens (including phenoxy) is 1. The molecule has 0 saturated heterocycles. The fourth-order valence-electron chi connectivity index (χ4n) is 1.89. The van der Waals surface area contributed by atoms with Gasteiger partial charge in [-0.3, -0.25) is 9.59 Å². The van der Waals surface area contributed by atoms with Gasteiger partial charge in [-0.25, -0.2) is 0 Å². The number of amides is 1. The maximum Gasteiger partial charge on any atom is 0.307 e. The zero-order valence-corrected chi connectivity index (χ0v) is 10.8. The fraction of sp³-hybridized carbons (Fsp3) is 0.429. The lowest BCUT2D eigenvalue weighted by Gasteiger charge is -2.11. The number of carboxylic acids is 1. The normalized spacial score (nSPS) is 20.7. The molecule has 0 spiro atoms. The Hall–Kier alpha value is -2.04. The lowest BCUT2D eigenvalue weighted by atomic mass is 10.2. The van der Waals surface area contributed by atoms with Crippen molar-refractivity contribution >= 4 is 17.6 Å². The van der Waals surface area contributed by atoms with E-state index < -0.39 is 17.8 Å². The number of benzene rings is 1. The number of hydrogen-bond acceptors (Lipinski definition) is 3. The Bertz CT molecular complexity index is 486. The van der Waals surface area contributed by atoms with Crippen LogP contribution in [0, 0.1) is 11.8 Å². The third-order valence-electron chi connectivity index (χ3n) is 3.05. The van der Waals surface area contributed by atoms with E-state index in [1.54, 1.807) is 18.2 Å². The molecule has 0 aromatic heterocycles. The zero-order chi connectivity index (χ0) is 13.8. The topological polar surface area (TPSA) is 75.6 Å². The second kappa shape index (κ2) is 5.73. The van der Waals surface area contributed by atoms with Crippen molar-refractivity contribution < 1.29 is 19.4 Å². The van der Waals surface area contributed by atoms with Crippen LogP contribution in [-0.2, 0) is 9.59 Å². The Kier molecular flexibility index (Phi) is 4.04. The van der Waals surface area contributed by atoms with Crippen molar-refractivity contribution in [2.45, 2.75) is 19.8 Å². The molecular formula is C14H17NO4. The smallest absolute Gasteiger partial charge is 0.307 e. The van der Waals surface area contributed by atoms with Crippen LogP contribution >= 0.6 is 0 Å². The number of carboxylic acid groups (broad SMARTS) is 1. The molecule has 1 aromatic rings. The predicted molar refractivity (Wildman–Crippen MR) is 70.1 cm³/mol. The molecule has 1 aromatic carbocycles. The van der Waals surface area contributed by atoms with Gasteiger partial charge in [-0.05, 0) is 25.0 Å². The number of aliphatic carboxylic acids is 1. The first-order chi connectivity index (χ1) is 9.13. The van der Waals surface area contributed by atoms with E-state index in [2.05, 4.69) is 5.32 Å². The summed E-state index contributed by atoms with van der Waals surface area (Å²) in [5.41, 5.74) is 0.594. The predicted octanol–water partition coefficient (Wildman–Crippen LogP) is 2.13. The van der Waals surface area contributed by atoms with Gasteiger partial charge in [0.2, 0.25) is 5.91 Å². The SMILES string of the molecule is CCCOc1ccccc1NC(=O)[C@@H]1C[C@@H]1C(=O)O. The van der Waals surface area contributed by atoms with Gasteiger partial charge in [0.25, 0.3) is 0 Å². The van der Waals surface area contributed by atoms with E-state index in [9.17, 15) is 9.59 Å². The molecule has 1 aliphatic rings. The molecule has 19 heavy (non-hydrogen) atoms. The van der Waals surface area contributed by atoms with E-state index in [-0.39, 0.29) is 5.91 Å². The van der Waals surface area contributed by atoms with Crippen molar-refractivity contribution in [3.05, 3.63) is 24.3 Å². The minimum Gasteiger partial charge on any atom is -0.491 e. The summed E-state index contributed by atoms with van der Waals surface area (Å²) in [5, 5.41) is 11.5. The van der Waals surface area contributed by atoms with Gasteiger partial charge in [-0.2, -0.15) is 0 Å². The van der Waals surface area contributed by atoms with Gasteiger partial charge in [-0.15, -0.1) is 0 Å². The number of anilines is 1. The van der Waals surface area contributed by atoms with E-state index in [1.165, 1.54) is 0 Å². The quantitative estimate of drug-likeness (QED) is 0.824. The zero-order valence-electron chi connectivity index (χ0n) is 10.8. The third-order valence-corrected chi connectivity index (χ3v) is 3.05. The lowest BCUT2D eigenvalue weighted by Crippen LogP contribution is -2.17. The van der Waals surface area contributed by atoms with Gasteiger partial charge in [0.15, 0.2) is 0 Å². The van der Waals surface area contributed by atoms with Gasteiger partial charge < -0.3 is 15.2 Å². The van der Waals surface area contributed by atoms with Crippen LogP contribution in [0.3, 0.4) is 0 Å². The lowest BCUT2D eigenvalue weighted by molar-refractivity contribution is -0.139. The number of para-hydroxylation sites is 2. The van der Waals surface area contributed by atoms with Crippen molar-refractivity contribution in [2.75, 3.05) is 11.9 Å². The molecule has 2 rings (SSSR count). The molecule has 0 heterocycles. The Labute approximate surface area is 111 Å². The van der Waals surface area contributed by atoms with Crippen LogP contribution in [0.1, 0.15) is 19.8 Å². The molecule has 2 atom stereocenters. The highest BCUT2D eigenvalue weighted by molar-refractivity contribution is 5.99. The van der Waals surface area contributed by atoms with Crippen LogP contribution in [-0.4, -0.2) is 23.6 Å². The summed E-state index contributed by atoms with van der Waals surface area (Å²) in [4.78, 5) is 22.6. The number of nitrogens with one attached hydrogen (secondary N) is 1. The van der Waals surface area contributed by atoms with Crippen LogP contribution in [0.4, 0.5) is 5.69 Å². The summed E-state index contributed by atoms with van der Waals surface area (Å²) in [7, 11) is 0. The van der Waals surface area contributed by atoms with Crippen LogP contribution in [0.25, 0.3) is 0 Å². The van der Waals surface area contributed by atoms with Crippen LogP contribution in [0.15, 0.2) is 24.3 Å². The van der Waals surface area contributed by atoms with E-state index in [0.29, 0.717) is 24.5 Å². The summed E-state index contributed by atoms with van der Waals surface area (Å²) in [6, 6.07) is 7.17. The van der Waals surface area contributed by atoms with E-state index in [4.69, 9.17) is 9.84 Å². The first kappa shape index (κ1) is 13.4. The van der Waals surface area contributed by atoms with Gasteiger partial charge in [0, 0.05) is 0 Å². The summed E-state index contributed by atoms with van der Waals surface area (Å²) < 4.78 is 5.53. The highest BCUT2D eigenvalue weighted by atomic mass is 16.5. The molecule has 1 saturated carbocycles. The molecule has 2 N–H and O–H groups in total. The standard InChI is InChI=1S/C14H17NO4/c1-2-7-19-12-6-4-3-5-11(12)15-13(16)9-8-10(9)14(17)18/h3-6,9-10H,2,7-8H2,1H3,(H,15,16)(H,17,18)/t9-,10+/m1/s1. The van der Waals surface area contributed by atoms with Crippen molar-refractivity contribution in [3.63, 3.8) is 0 Å². The molecular weight excluding hydrogens is 246 g/mol. The Balaban J connectivity index is 1.99. The third kappa shape index (κ3) is 3.24. The minimum absolute atomic E-state index is 0.250. The molecule has 1 amide bonds. The first-order valence-electron chi connectivity index (χ1n) is 6.39. The molecule has 0 unspecified atom stereocenters. The average Bonchev–Trinajstić information content (AvgIpc) is 3.18. The maximum absolute atomic E-state index is 11.9. The molecule has 1 aliphatic carbocycles. The maximum atomic E-state index is 11.9. The number of carbonyl (C=O) groups excluding carboxylic acids is 1. The molecule has 0 bridgehead atoms. The van der Waals surface area contributed by atoms with Gasteiger partial charge in [0.05, 0.1) is 24.1 Å². The van der Waals surface area contributed by atoms with Crippen molar-refractivity contribution in [1.82, 2.24) is 0 Å². The minimum atomic E-state index is -0.907. The fourth-order valence-corrected chi connectivity index (χ4v) is 1.89. The largest absolute Gasteiger partial charge is 0.491 e. The van der Waals surface area contributed by atoms with Gasteiger partial charge >= 0.3 is 5.97 Å². The Morgan fingerprint density at radius 3 is 2.74 bits per heavy atom. The second-order valence-electron chi connectivity index (χ2n) is 4.62. The first-order valence-corrected chi connectivity index (χ1v) is 6.39. The summed E-state index contributed by atoms with van der Waals surface area (Å²) >= 11 is 0. The Morgan fingerprint density at radius 2 is 2.11 bits per heavy atom. The van der Waals surface area contributed by atoms with Crippen LogP contribution < -0.4 is 10.1 Å². The van der Waals surface area contributed by atoms with E-state index >= 15 is 0 Å². The molecule has 1 fully saturated rings.